The van der Waals surface area contributed by atoms with Gasteiger partial charge in [-0.2, -0.15) is 0 Å². The van der Waals surface area contributed by atoms with Crippen molar-refractivity contribution < 1.29 is 0 Å². The van der Waals surface area contributed by atoms with Gasteiger partial charge in [0.1, 0.15) is 5.01 Å². The van der Waals surface area contributed by atoms with Crippen molar-refractivity contribution in [1.29, 1.82) is 0 Å². The molecule has 1 unspecified atom stereocenters. The summed E-state index contributed by atoms with van der Waals surface area (Å²) < 4.78 is 1.27. The Bertz CT molecular complexity index is 782. The summed E-state index contributed by atoms with van der Waals surface area (Å²) in [5, 5.41) is 1.22. The fourth-order valence-electron chi connectivity index (χ4n) is 2.99. The molecule has 0 radical (unpaired) electrons. The minimum atomic E-state index is -0.00493. The van der Waals surface area contributed by atoms with E-state index in [1.807, 2.05) is 11.3 Å². The summed E-state index contributed by atoms with van der Waals surface area (Å²) in [6.07, 6.45) is 5.52. The topological polar surface area (TPSA) is 12.9 Å². The quantitative estimate of drug-likeness (QED) is 0.608. The van der Waals surface area contributed by atoms with E-state index >= 15 is 0 Å². The highest BCUT2D eigenvalue weighted by Crippen LogP contribution is 2.43. The summed E-state index contributed by atoms with van der Waals surface area (Å²) >= 11 is 1.82. The molecule has 0 aliphatic heterocycles. The number of para-hydroxylation sites is 1. The molecule has 1 atom stereocenters. The van der Waals surface area contributed by atoms with Gasteiger partial charge in [-0.15, -0.1) is 11.3 Å². The van der Waals surface area contributed by atoms with Gasteiger partial charge < -0.3 is 0 Å². The lowest BCUT2D eigenvalue weighted by Gasteiger charge is -2.31. The van der Waals surface area contributed by atoms with Crippen LogP contribution < -0.4 is 0 Å². The molecule has 1 aromatic heterocycles. The second-order valence-electron chi connectivity index (χ2n) is 5.51. The van der Waals surface area contributed by atoms with Crippen LogP contribution in [0.3, 0.4) is 0 Å². The number of rotatable bonds is 1. The molecule has 1 nitrogen and oxygen atoms in total. The van der Waals surface area contributed by atoms with E-state index in [2.05, 4.69) is 67.6 Å². The molecule has 20 heavy (non-hydrogen) atoms. The number of allylic oxidation sites excluding steroid dienone is 1. The van der Waals surface area contributed by atoms with Crippen molar-refractivity contribution in [2.45, 2.75) is 18.8 Å². The van der Waals surface area contributed by atoms with Crippen molar-refractivity contribution in [3.8, 4) is 0 Å². The van der Waals surface area contributed by atoms with Gasteiger partial charge in [0, 0.05) is 5.41 Å². The van der Waals surface area contributed by atoms with Gasteiger partial charge in [0.25, 0.3) is 0 Å². The molecule has 1 heterocycles. The second kappa shape index (κ2) is 4.29. The Hall–Kier alpha value is -1.93. The van der Waals surface area contributed by atoms with Gasteiger partial charge >= 0.3 is 0 Å². The molecule has 1 aliphatic rings. The zero-order valence-corrected chi connectivity index (χ0v) is 12.2. The zero-order chi connectivity index (χ0) is 13.6. The van der Waals surface area contributed by atoms with E-state index in [1.165, 1.54) is 20.8 Å². The molecule has 2 heteroatoms. The Morgan fingerprint density at radius 1 is 1.05 bits per heavy atom. The fourth-order valence-corrected chi connectivity index (χ4v) is 4.12. The van der Waals surface area contributed by atoms with Crippen LogP contribution in [0, 0.1) is 0 Å². The Balaban J connectivity index is 1.94. The lowest BCUT2D eigenvalue weighted by molar-refractivity contribution is 0.572. The molecule has 98 valence electrons. The van der Waals surface area contributed by atoms with Crippen molar-refractivity contribution in [3.63, 3.8) is 0 Å². The van der Waals surface area contributed by atoms with Crippen LogP contribution in [0.1, 0.15) is 29.5 Å². The molecule has 0 saturated heterocycles. The summed E-state index contributed by atoms with van der Waals surface area (Å²) in [5.74, 6) is 0. The van der Waals surface area contributed by atoms with E-state index in [-0.39, 0.29) is 5.41 Å². The smallest absolute Gasteiger partial charge is 0.104 e. The molecular weight excluding hydrogens is 262 g/mol. The summed E-state index contributed by atoms with van der Waals surface area (Å²) in [6, 6.07) is 17.1. The van der Waals surface area contributed by atoms with Crippen LogP contribution in [0.2, 0.25) is 0 Å². The maximum atomic E-state index is 4.89. The fraction of sp³-hybridized carbons (Fsp3) is 0.167. The van der Waals surface area contributed by atoms with Gasteiger partial charge in [-0.1, -0.05) is 48.6 Å². The first-order valence-corrected chi connectivity index (χ1v) is 7.71. The van der Waals surface area contributed by atoms with Crippen LogP contribution in [0.5, 0.6) is 0 Å². The van der Waals surface area contributed by atoms with E-state index in [0.717, 1.165) is 11.9 Å². The Morgan fingerprint density at radius 3 is 2.75 bits per heavy atom. The predicted octanol–water partition coefficient (Wildman–Crippen LogP) is 5.02. The molecular formula is C18H15NS. The molecule has 0 bridgehead atoms. The van der Waals surface area contributed by atoms with Crippen molar-refractivity contribution in [3.05, 3.63) is 70.7 Å². The van der Waals surface area contributed by atoms with Crippen molar-refractivity contribution in [2.75, 3.05) is 0 Å². The molecule has 0 amide bonds. The maximum absolute atomic E-state index is 4.89. The minimum absolute atomic E-state index is 0.00493. The molecule has 0 saturated carbocycles. The van der Waals surface area contributed by atoms with Crippen LogP contribution in [0.25, 0.3) is 16.3 Å². The number of fused-ring (bicyclic) bond motifs is 2. The zero-order valence-electron chi connectivity index (χ0n) is 11.3. The molecule has 0 N–H and O–H groups in total. The van der Waals surface area contributed by atoms with Gasteiger partial charge in [0.15, 0.2) is 0 Å². The molecule has 4 rings (SSSR count). The molecule has 0 fully saturated rings. The summed E-state index contributed by atoms with van der Waals surface area (Å²) in [4.78, 5) is 4.89. The maximum Gasteiger partial charge on any atom is 0.104 e. The van der Waals surface area contributed by atoms with Crippen molar-refractivity contribution in [1.82, 2.24) is 4.98 Å². The van der Waals surface area contributed by atoms with Gasteiger partial charge in [0.05, 0.1) is 10.2 Å². The minimum Gasteiger partial charge on any atom is -0.240 e. The van der Waals surface area contributed by atoms with Gasteiger partial charge in [0.2, 0.25) is 0 Å². The van der Waals surface area contributed by atoms with Crippen LogP contribution in [-0.2, 0) is 5.41 Å². The number of nitrogens with zero attached hydrogens (tertiary/aromatic N) is 1. The third-order valence-electron chi connectivity index (χ3n) is 4.14. The summed E-state index contributed by atoms with van der Waals surface area (Å²) in [5.41, 5.74) is 3.82. The van der Waals surface area contributed by atoms with Crippen LogP contribution in [0.15, 0.2) is 54.6 Å². The number of benzene rings is 2. The normalized spacial score (nSPS) is 21.1. The predicted molar refractivity (Wildman–Crippen MR) is 86.2 cm³/mol. The standard InChI is InChI=1S/C18H15NS/c1-18(12-6-8-13-7-2-3-9-14(13)18)17-19-15-10-4-5-11-16(15)20-17/h2-11H,12H2,1H3. The van der Waals surface area contributed by atoms with Crippen LogP contribution >= 0.6 is 11.3 Å². The highest BCUT2D eigenvalue weighted by atomic mass is 32.1. The molecule has 1 aliphatic carbocycles. The van der Waals surface area contributed by atoms with E-state index in [0.29, 0.717) is 0 Å². The van der Waals surface area contributed by atoms with E-state index in [1.54, 1.807) is 0 Å². The third kappa shape index (κ3) is 1.65. The Morgan fingerprint density at radius 2 is 1.85 bits per heavy atom. The van der Waals surface area contributed by atoms with Crippen LogP contribution in [-0.4, -0.2) is 4.98 Å². The highest BCUT2D eigenvalue weighted by Gasteiger charge is 2.34. The van der Waals surface area contributed by atoms with Crippen molar-refractivity contribution in [2.24, 2.45) is 0 Å². The Kier molecular flexibility index (Phi) is 2.54. The number of hydrogen-bond acceptors (Lipinski definition) is 2. The van der Waals surface area contributed by atoms with E-state index in [4.69, 9.17) is 4.98 Å². The summed E-state index contributed by atoms with van der Waals surface area (Å²) in [6.45, 7) is 2.31. The first-order valence-electron chi connectivity index (χ1n) is 6.89. The second-order valence-corrected chi connectivity index (χ2v) is 6.54. The van der Waals surface area contributed by atoms with Gasteiger partial charge in [-0.3, -0.25) is 0 Å². The molecule has 3 aromatic rings. The molecule has 2 aromatic carbocycles. The first-order chi connectivity index (χ1) is 9.77. The largest absolute Gasteiger partial charge is 0.240 e. The third-order valence-corrected chi connectivity index (χ3v) is 5.44. The van der Waals surface area contributed by atoms with Gasteiger partial charge in [-0.25, -0.2) is 4.98 Å². The number of aromatic nitrogens is 1. The Labute approximate surface area is 122 Å². The first kappa shape index (κ1) is 11.9. The number of hydrogen-bond donors (Lipinski definition) is 0. The highest BCUT2D eigenvalue weighted by molar-refractivity contribution is 7.18. The number of thiazole rings is 1. The lowest BCUT2D eigenvalue weighted by atomic mass is 9.75. The monoisotopic (exact) mass is 277 g/mol. The summed E-state index contributed by atoms with van der Waals surface area (Å²) in [7, 11) is 0. The average Bonchev–Trinajstić information content (AvgIpc) is 2.92. The van der Waals surface area contributed by atoms with Crippen molar-refractivity contribution >= 4 is 27.6 Å². The van der Waals surface area contributed by atoms with Gasteiger partial charge in [-0.05, 0) is 36.6 Å². The van der Waals surface area contributed by atoms with Crippen LogP contribution in [0.4, 0.5) is 0 Å². The van der Waals surface area contributed by atoms with E-state index in [9.17, 15) is 0 Å². The molecule has 0 spiro atoms. The SMILES string of the molecule is CC1(c2nc3ccccc3s2)CC=Cc2ccccc21. The average molecular weight is 277 g/mol. The lowest BCUT2D eigenvalue weighted by Crippen LogP contribution is -2.25. The van der Waals surface area contributed by atoms with E-state index < -0.39 is 0 Å².